The van der Waals surface area contributed by atoms with E-state index in [0.29, 0.717) is 36.3 Å². The molecule has 0 aromatic heterocycles. The predicted octanol–water partition coefficient (Wildman–Crippen LogP) is 2.33. The molecule has 0 bridgehead atoms. The molecule has 0 heterocycles. The van der Waals surface area contributed by atoms with Crippen molar-refractivity contribution in [1.29, 1.82) is 0 Å². The van der Waals surface area contributed by atoms with E-state index >= 15 is 0 Å². The molecule has 0 aliphatic heterocycles. The molecule has 2 N–H and O–H groups in total. The number of nitrogens with one attached hydrogen (secondary N) is 2. The lowest BCUT2D eigenvalue weighted by Crippen LogP contribution is -2.44. The van der Waals surface area contributed by atoms with Crippen LogP contribution < -0.4 is 15.4 Å². The summed E-state index contributed by atoms with van der Waals surface area (Å²) >= 11 is 6.00. The normalized spacial score (nSPS) is 12.9. The first-order chi connectivity index (χ1) is 10.8. The molecule has 1 unspecified atom stereocenters. The molecule has 0 saturated carbocycles. The van der Waals surface area contributed by atoms with Crippen molar-refractivity contribution >= 4 is 51.4 Å². The summed E-state index contributed by atoms with van der Waals surface area (Å²) in [7, 11) is -1.29. The Bertz CT molecular complexity index is 626. The first-order valence-corrected chi connectivity index (χ1v) is 9.78. The van der Waals surface area contributed by atoms with Gasteiger partial charge in [-0.3, -0.25) is 4.99 Å². The van der Waals surface area contributed by atoms with E-state index in [9.17, 15) is 8.42 Å². The monoisotopic (exact) mass is 489 g/mol. The highest BCUT2D eigenvalue weighted by atomic mass is 127. The average Bonchev–Trinajstić information content (AvgIpc) is 2.49. The molecule has 1 aromatic rings. The van der Waals surface area contributed by atoms with Crippen LogP contribution in [0.4, 0.5) is 0 Å². The maximum atomic E-state index is 11.2. The SMILES string of the molecule is CN=C(NCCOc1ccccc1Cl)NC(C)CCS(C)(=O)=O.I. The van der Waals surface area contributed by atoms with Crippen molar-refractivity contribution in [2.24, 2.45) is 4.99 Å². The van der Waals surface area contributed by atoms with Crippen LogP contribution in [0.5, 0.6) is 5.75 Å². The Morgan fingerprint density at radius 1 is 1.38 bits per heavy atom. The maximum Gasteiger partial charge on any atom is 0.191 e. The Kier molecular flexibility index (Phi) is 11.4. The van der Waals surface area contributed by atoms with E-state index in [4.69, 9.17) is 16.3 Å². The fourth-order valence-electron chi connectivity index (χ4n) is 1.78. The van der Waals surface area contributed by atoms with Crippen molar-refractivity contribution in [2.75, 3.05) is 32.2 Å². The minimum Gasteiger partial charge on any atom is -0.490 e. The number of ether oxygens (including phenoxy) is 1. The smallest absolute Gasteiger partial charge is 0.191 e. The van der Waals surface area contributed by atoms with Gasteiger partial charge in [0.15, 0.2) is 5.96 Å². The van der Waals surface area contributed by atoms with Crippen molar-refractivity contribution < 1.29 is 13.2 Å². The second kappa shape index (κ2) is 11.8. The van der Waals surface area contributed by atoms with Gasteiger partial charge in [-0.1, -0.05) is 23.7 Å². The molecule has 0 aliphatic rings. The predicted molar refractivity (Wildman–Crippen MR) is 111 cm³/mol. The zero-order chi connectivity index (χ0) is 17.3. The molecule has 0 radical (unpaired) electrons. The van der Waals surface area contributed by atoms with Crippen molar-refractivity contribution in [1.82, 2.24) is 10.6 Å². The summed E-state index contributed by atoms with van der Waals surface area (Å²) in [6, 6.07) is 7.28. The Balaban J connectivity index is 0.00000529. The second-order valence-corrected chi connectivity index (χ2v) is 7.91. The minimum absolute atomic E-state index is 0. The van der Waals surface area contributed by atoms with Crippen LogP contribution in [0.15, 0.2) is 29.3 Å². The topological polar surface area (TPSA) is 79.8 Å². The highest BCUT2D eigenvalue weighted by Crippen LogP contribution is 2.22. The summed E-state index contributed by atoms with van der Waals surface area (Å²) in [5, 5.41) is 6.82. The van der Waals surface area contributed by atoms with E-state index in [1.54, 1.807) is 13.1 Å². The van der Waals surface area contributed by atoms with Crippen molar-refractivity contribution in [3.05, 3.63) is 29.3 Å². The quantitative estimate of drug-likeness (QED) is 0.254. The lowest BCUT2D eigenvalue weighted by Gasteiger charge is -2.17. The van der Waals surface area contributed by atoms with Gasteiger partial charge in [0.2, 0.25) is 0 Å². The van der Waals surface area contributed by atoms with Gasteiger partial charge in [-0.25, -0.2) is 8.42 Å². The molecule has 9 heteroatoms. The van der Waals surface area contributed by atoms with Gasteiger partial charge >= 0.3 is 0 Å². The van der Waals surface area contributed by atoms with Gasteiger partial charge in [-0.05, 0) is 25.5 Å². The molecule has 1 rings (SSSR count). The number of benzene rings is 1. The second-order valence-electron chi connectivity index (χ2n) is 5.24. The minimum atomic E-state index is -2.95. The molecular formula is C15H25ClIN3O3S. The summed E-state index contributed by atoms with van der Waals surface area (Å²) in [6.45, 7) is 2.89. The number of hydrogen-bond donors (Lipinski definition) is 2. The van der Waals surface area contributed by atoms with Crippen LogP contribution in [-0.2, 0) is 9.84 Å². The Hall–Kier alpha value is -0.740. The summed E-state index contributed by atoms with van der Waals surface area (Å²) in [5.74, 6) is 1.39. The van der Waals surface area contributed by atoms with Crippen molar-refractivity contribution in [3.63, 3.8) is 0 Å². The largest absolute Gasteiger partial charge is 0.490 e. The summed E-state index contributed by atoms with van der Waals surface area (Å²) in [5.41, 5.74) is 0. The van der Waals surface area contributed by atoms with Crippen LogP contribution >= 0.6 is 35.6 Å². The highest BCUT2D eigenvalue weighted by molar-refractivity contribution is 14.0. The number of halogens is 2. The number of sulfone groups is 1. The van der Waals surface area contributed by atoms with E-state index in [-0.39, 0.29) is 35.8 Å². The number of para-hydroxylation sites is 1. The van der Waals surface area contributed by atoms with Crippen molar-refractivity contribution in [3.8, 4) is 5.75 Å². The first kappa shape index (κ1) is 23.3. The van der Waals surface area contributed by atoms with Gasteiger partial charge in [0, 0.05) is 19.3 Å². The molecule has 0 spiro atoms. The summed E-state index contributed by atoms with van der Waals surface area (Å²) in [6.07, 6.45) is 1.76. The van der Waals surface area contributed by atoms with Crippen LogP contribution in [0.1, 0.15) is 13.3 Å². The summed E-state index contributed by atoms with van der Waals surface area (Å²) in [4.78, 5) is 4.10. The van der Waals surface area contributed by atoms with E-state index in [1.165, 1.54) is 6.26 Å². The Labute approximate surface area is 166 Å². The fraction of sp³-hybridized carbons (Fsp3) is 0.533. The summed E-state index contributed by atoms with van der Waals surface area (Å²) < 4.78 is 27.9. The molecule has 1 aromatic carbocycles. The van der Waals surface area contributed by atoms with Crippen LogP contribution in [0, 0.1) is 0 Å². The molecule has 1 atom stereocenters. The molecule has 0 amide bonds. The van der Waals surface area contributed by atoms with Gasteiger partial charge in [0.25, 0.3) is 0 Å². The van der Waals surface area contributed by atoms with Crippen molar-refractivity contribution in [2.45, 2.75) is 19.4 Å². The number of rotatable bonds is 8. The van der Waals surface area contributed by atoms with Crippen LogP contribution in [0.25, 0.3) is 0 Å². The zero-order valence-electron chi connectivity index (χ0n) is 14.1. The van der Waals surface area contributed by atoms with Gasteiger partial charge in [-0.2, -0.15) is 0 Å². The third-order valence-electron chi connectivity index (χ3n) is 3.02. The Morgan fingerprint density at radius 3 is 2.62 bits per heavy atom. The molecule has 0 saturated heterocycles. The first-order valence-electron chi connectivity index (χ1n) is 7.34. The van der Waals surface area contributed by atoms with Gasteiger partial charge in [0.1, 0.15) is 22.2 Å². The third-order valence-corrected chi connectivity index (χ3v) is 4.31. The molecular weight excluding hydrogens is 465 g/mol. The van der Waals surface area contributed by atoms with E-state index in [2.05, 4.69) is 15.6 Å². The van der Waals surface area contributed by atoms with Crippen LogP contribution in [0.2, 0.25) is 5.02 Å². The molecule has 0 fully saturated rings. The van der Waals surface area contributed by atoms with Gasteiger partial charge < -0.3 is 15.4 Å². The maximum absolute atomic E-state index is 11.2. The lowest BCUT2D eigenvalue weighted by molar-refractivity contribution is 0.322. The number of nitrogens with zero attached hydrogens (tertiary/aromatic N) is 1. The van der Waals surface area contributed by atoms with E-state index in [0.717, 1.165) is 0 Å². The number of guanidine groups is 1. The fourth-order valence-corrected chi connectivity index (χ4v) is 2.76. The van der Waals surface area contributed by atoms with Gasteiger partial charge in [-0.15, -0.1) is 24.0 Å². The molecule has 24 heavy (non-hydrogen) atoms. The number of aliphatic imine (C=N–C) groups is 1. The molecule has 0 aliphatic carbocycles. The standard InChI is InChI=1S/C15H24ClN3O3S.HI/c1-12(8-11-23(3,20)21)19-15(17-2)18-9-10-22-14-7-5-4-6-13(14)16;/h4-7,12H,8-11H2,1-3H3,(H2,17,18,19);1H. The molecule has 6 nitrogen and oxygen atoms in total. The highest BCUT2D eigenvalue weighted by Gasteiger charge is 2.09. The average molecular weight is 490 g/mol. The van der Waals surface area contributed by atoms with E-state index in [1.807, 2.05) is 25.1 Å². The Morgan fingerprint density at radius 2 is 2.04 bits per heavy atom. The zero-order valence-corrected chi connectivity index (χ0v) is 18.0. The van der Waals surface area contributed by atoms with Gasteiger partial charge in [0.05, 0.1) is 17.3 Å². The lowest BCUT2D eigenvalue weighted by atomic mass is 10.3. The van der Waals surface area contributed by atoms with Crippen LogP contribution in [0.3, 0.4) is 0 Å². The van der Waals surface area contributed by atoms with Crippen LogP contribution in [-0.4, -0.2) is 52.6 Å². The third kappa shape index (κ3) is 10.2. The number of hydrogen-bond acceptors (Lipinski definition) is 4. The molecule has 138 valence electrons. The van der Waals surface area contributed by atoms with E-state index < -0.39 is 9.84 Å².